The molecule has 2 aromatic rings. The van der Waals surface area contributed by atoms with Crippen molar-refractivity contribution in [1.82, 2.24) is 9.78 Å². The summed E-state index contributed by atoms with van der Waals surface area (Å²) in [5.41, 5.74) is 0.554. The molecule has 0 spiro atoms. The van der Waals surface area contributed by atoms with Crippen molar-refractivity contribution in [3.05, 3.63) is 41.7 Å². The van der Waals surface area contributed by atoms with Gasteiger partial charge in [0.25, 0.3) is 0 Å². The summed E-state index contributed by atoms with van der Waals surface area (Å²) in [6.45, 7) is 1.73. The second kappa shape index (κ2) is 4.36. The summed E-state index contributed by atoms with van der Waals surface area (Å²) in [5.74, 6) is 0. The fourth-order valence-corrected chi connectivity index (χ4v) is 1.71. The average Bonchev–Trinajstić information content (AvgIpc) is 2.57. The number of aryl methyl sites for hydroxylation is 2. The van der Waals surface area contributed by atoms with E-state index in [1.165, 1.54) is 12.1 Å². The average molecular weight is 255 g/mol. The fourth-order valence-electron chi connectivity index (χ4n) is 1.71. The van der Waals surface area contributed by atoms with Crippen LogP contribution in [0.15, 0.2) is 30.5 Å². The van der Waals surface area contributed by atoms with Crippen molar-refractivity contribution >= 4 is 11.4 Å². The number of nitrogens with one attached hydrogen (secondary N) is 1. The molecule has 0 unspecified atom stereocenters. The minimum atomic E-state index is -4.38. The van der Waals surface area contributed by atoms with Gasteiger partial charge in [-0.25, -0.2) is 0 Å². The lowest BCUT2D eigenvalue weighted by atomic mass is 10.1. The Morgan fingerprint density at radius 2 is 1.83 bits per heavy atom. The molecule has 0 saturated heterocycles. The highest BCUT2D eigenvalue weighted by molar-refractivity contribution is 5.64. The smallest absolute Gasteiger partial charge is 0.352 e. The van der Waals surface area contributed by atoms with Gasteiger partial charge in [0.15, 0.2) is 0 Å². The largest absolute Gasteiger partial charge is 0.418 e. The van der Waals surface area contributed by atoms with Crippen LogP contribution in [0.3, 0.4) is 0 Å². The number of rotatable bonds is 2. The second-order valence-electron chi connectivity index (χ2n) is 3.97. The summed E-state index contributed by atoms with van der Waals surface area (Å²) in [4.78, 5) is 0. The van der Waals surface area contributed by atoms with E-state index in [1.54, 1.807) is 30.9 Å². The minimum Gasteiger partial charge on any atom is -0.352 e. The predicted molar refractivity (Wildman–Crippen MR) is 62.7 cm³/mol. The number of benzene rings is 1. The van der Waals surface area contributed by atoms with E-state index < -0.39 is 11.7 Å². The molecule has 1 heterocycles. The molecule has 0 bridgehead atoms. The van der Waals surface area contributed by atoms with Crippen molar-refractivity contribution in [1.29, 1.82) is 0 Å². The van der Waals surface area contributed by atoms with Gasteiger partial charge in [-0.05, 0) is 19.1 Å². The Labute approximate surface area is 102 Å². The Bertz CT molecular complexity index is 558. The lowest BCUT2D eigenvalue weighted by Gasteiger charge is -2.13. The van der Waals surface area contributed by atoms with E-state index in [-0.39, 0.29) is 5.69 Å². The zero-order chi connectivity index (χ0) is 13.3. The van der Waals surface area contributed by atoms with E-state index in [1.807, 2.05) is 0 Å². The molecule has 18 heavy (non-hydrogen) atoms. The van der Waals surface area contributed by atoms with Crippen molar-refractivity contribution in [3.63, 3.8) is 0 Å². The minimum absolute atomic E-state index is 0.0288. The van der Waals surface area contributed by atoms with E-state index >= 15 is 0 Å². The summed E-state index contributed by atoms with van der Waals surface area (Å²) in [6.07, 6.45) is -2.73. The topological polar surface area (TPSA) is 29.9 Å². The van der Waals surface area contributed by atoms with Crippen LogP contribution < -0.4 is 5.32 Å². The lowest BCUT2D eigenvalue weighted by Crippen LogP contribution is -2.08. The number of hydrogen-bond donors (Lipinski definition) is 1. The molecule has 0 radical (unpaired) electrons. The molecule has 3 nitrogen and oxygen atoms in total. The third kappa shape index (κ3) is 2.47. The quantitative estimate of drug-likeness (QED) is 0.890. The molecule has 0 aliphatic heterocycles. The van der Waals surface area contributed by atoms with Crippen LogP contribution in [-0.4, -0.2) is 9.78 Å². The van der Waals surface area contributed by atoms with Crippen LogP contribution in [0.1, 0.15) is 11.3 Å². The van der Waals surface area contributed by atoms with Gasteiger partial charge < -0.3 is 5.32 Å². The van der Waals surface area contributed by atoms with Gasteiger partial charge in [-0.2, -0.15) is 18.3 Å². The molecular formula is C12H12F3N3. The number of aromatic nitrogens is 2. The van der Waals surface area contributed by atoms with Crippen molar-refractivity contribution in [3.8, 4) is 0 Å². The van der Waals surface area contributed by atoms with Crippen molar-refractivity contribution < 1.29 is 13.2 Å². The van der Waals surface area contributed by atoms with Crippen LogP contribution in [0.25, 0.3) is 0 Å². The van der Waals surface area contributed by atoms with Gasteiger partial charge in [0.2, 0.25) is 0 Å². The Hall–Kier alpha value is -1.98. The van der Waals surface area contributed by atoms with E-state index in [0.717, 1.165) is 6.07 Å². The third-order valence-corrected chi connectivity index (χ3v) is 2.52. The summed E-state index contributed by atoms with van der Waals surface area (Å²) >= 11 is 0. The first-order valence-corrected chi connectivity index (χ1v) is 5.31. The third-order valence-electron chi connectivity index (χ3n) is 2.52. The van der Waals surface area contributed by atoms with E-state index in [4.69, 9.17) is 0 Å². The molecule has 0 atom stereocenters. The van der Waals surface area contributed by atoms with E-state index in [9.17, 15) is 13.2 Å². The van der Waals surface area contributed by atoms with Gasteiger partial charge in [0, 0.05) is 13.2 Å². The van der Waals surface area contributed by atoms with Crippen LogP contribution in [0.5, 0.6) is 0 Å². The van der Waals surface area contributed by atoms with Crippen molar-refractivity contribution in [2.75, 3.05) is 5.32 Å². The molecule has 1 aromatic heterocycles. The summed E-state index contributed by atoms with van der Waals surface area (Å²) < 4.78 is 39.9. The monoisotopic (exact) mass is 255 g/mol. The zero-order valence-corrected chi connectivity index (χ0v) is 9.92. The highest BCUT2D eigenvalue weighted by Crippen LogP contribution is 2.36. The molecule has 0 aliphatic rings. The van der Waals surface area contributed by atoms with Gasteiger partial charge >= 0.3 is 6.18 Å². The van der Waals surface area contributed by atoms with Crippen LogP contribution >= 0.6 is 0 Å². The number of nitrogens with zero attached hydrogens (tertiary/aromatic N) is 2. The molecule has 1 N–H and O–H groups in total. The fraction of sp³-hybridized carbons (Fsp3) is 0.250. The maximum atomic E-state index is 12.8. The van der Waals surface area contributed by atoms with Gasteiger partial charge in [-0.15, -0.1) is 0 Å². The molecular weight excluding hydrogens is 243 g/mol. The second-order valence-corrected chi connectivity index (χ2v) is 3.97. The first-order chi connectivity index (χ1) is 8.38. The number of hydrogen-bond acceptors (Lipinski definition) is 2. The number of anilines is 2. The van der Waals surface area contributed by atoms with E-state index in [2.05, 4.69) is 10.4 Å². The van der Waals surface area contributed by atoms with Crippen molar-refractivity contribution in [2.45, 2.75) is 13.1 Å². The molecule has 0 saturated carbocycles. The molecule has 96 valence electrons. The molecule has 0 aliphatic carbocycles. The Morgan fingerprint density at radius 3 is 2.39 bits per heavy atom. The first kappa shape index (κ1) is 12.5. The van der Waals surface area contributed by atoms with Gasteiger partial charge in [0.05, 0.1) is 22.6 Å². The Kier molecular flexibility index (Phi) is 3.02. The van der Waals surface area contributed by atoms with Crippen LogP contribution in [0.4, 0.5) is 24.5 Å². The summed E-state index contributed by atoms with van der Waals surface area (Å²) in [7, 11) is 1.72. The first-order valence-electron chi connectivity index (χ1n) is 5.31. The van der Waals surface area contributed by atoms with Crippen LogP contribution in [0, 0.1) is 6.92 Å². The number of halogens is 3. The molecule has 0 amide bonds. The standard InChI is InChI=1S/C12H12F3N3/c1-8-11(7-18(2)17-8)16-10-6-4-3-5-9(10)12(13,14)15/h3-7,16H,1-2H3. The maximum absolute atomic E-state index is 12.8. The lowest BCUT2D eigenvalue weighted by molar-refractivity contribution is -0.136. The van der Waals surface area contributed by atoms with Gasteiger partial charge in [-0.3, -0.25) is 4.68 Å². The molecule has 1 aromatic carbocycles. The molecule has 2 rings (SSSR count). The molecule has 6 heteroatoms. The number of alkyl halides is 3. The maximum Gasteiger partial charge on any atom is 0.418 e. The van der Waals surface area contributed by atoms with Crippen LogP contribution in [0.2, 0.25) is 0 Å². The predicted octanol–water partition coefficient (Wildman–Crippen LogP) is 3.49. The SMILES string of the molecule is Cc1nn(C)cc1Nc1ccccc1C(F)(F)F. The summed E-state index contributed by atoms with van der Waals surface area (Å²) in [6, 6.07) is 5.37. The number of para-hydroxylation sites is 1. The van der Waals surface area contributed by atoms with Crippen LogP contribution in [-0.2, 0) is 13.2 Å². The zero-order valence-electron chi connectivity index (χ0n) is 9.92. The normalized spacial score (nSPS) is 11.6. The highest BCUT2D eigenvalue weighted by atomic mass is 19.4. The Morgan fingerprint density at radius 1 is 1.17 bits per heavy atom. The summed E-state index contributed by atoms with van der Waals surface area (Å²) in [5, 5.41) is 6.84. The Balaban J connectivity index is 2.38. The van der Waals surface area contributed by atoms with Crippen molar-refractivity contribution in [2.24, 2.45) is 7.05 Å². The highest BCUT2D eigenvalue weighted by Gasteiger charge is 2.33. The van der Waals surface area contributed by atoms with Gasteiger partial charge in [0.1, 0.15) is 0 Å². The van der Waals surface area contributed by atoms with Gasteiger partial charge in [-0.1, -0.05) is 12.1 Å². The molecule has 0 fully saturated rings. The van der Waals surface area contributed by atoms with E-state index in [0.29, 0.717) is 11.4 Å².